The summed E-state index contributed by atoms with van der Waals surface area (Å²) in [6, 6.07) is 9.16. The van der Waals surface area contributed by atoms with Crippen molar-refractivity contribution in [1.82, 2.24) is 0 Å². The molecule has 0 saturated carbocycles. The average molecular weight is 497 g/mol. The Bertz CT molecular complexity index is 848. The van der Waals surface area contributed by atoms with E-state index in [4.69, 9.17) is 0 Å². The van der Waals surface area contributed by atoms with E-state index in [0.717, 1.165) is 7.25 Å². The largest absolute Gasteiger partial charge is 1.00 e. The van der Waals surface area contributed by atoms with Gasteiger partial charge in [0.15, 0.2) is 0 Å². The summed E-state index contributed by atoms with van der Waals surface area (Å²) in [5.41, 5.74) is 7.01. The van der Waals surface area contributed by atoms with Crippen LogP contribution in [0.3, 0.4) is 0 Å². The fourth-order valence-electron chi connectivity index (χ4n) is 5.72. The van der Waals surface area contributed by atoms with Gasteiger partial charge in [0.2, 0.25) is 0 Å². The van der Waals surface area contributed by atoms with Gasteiger partial charge in [-0.15, -0.1) is 0 Å². The third-order valence-corrected chi connectivity index (χ3v) is 21.5. The van der Waals surface area contributed by atoms with E-state index >= 15 is 0 Å². The molecule has 1 aliphatic heterocycles. The second kappa shape index (κ2) is 7.87. The van der Waals surface area contributed by atoms with Crippen molar-refractivity contribution in [3.63, 3.8) is 0 Å². The van der Waals surface area contributed by atoms with Crippen molar-refractivity contribution >= 4 is 6.08 Å². The predicted octanol–water partition coefficient (Wildman–Crippen LogP) is 1.83. The normalized spacial score (nSPS) is 26.2. The molecule has 28 heavy (non-hydrogen) atoms. The zero-order chi connectivity index (χ0) is 18.9. The maximum atomic E-state index is 2.60. The van der Waals surface area contributed by atoms with Gasteiger partial charge in [0, 0.05) is 0 Å². The summed E-state index contributed by atoms with van der Waals surface area (Å²) >= 11 is -2.43. The van der Waals surface area contributed by atoms with Crippen LogP contribution in [0.2, 0.25) is 7.75 Å². The molecule has 0 N–H and O–H groups in total. The van der Waals surface area contributed by atoms with Crippen LogP contribution in [0.5, 0.6) is 0 Å². The van der Waals surface area contributed by atoms with Gasteiger partial charge in [0.05, 0.1) is 0 Å². The minimum Gasteiger partial charge on any atom is -1.00 e. The van der Waals surface area contributed by atoms with Gasteiger partial charge in [-0.25, -0.2) is 0 Å². The number of benzene rings is 1. The Kier molecular flexibility index (Phi) is 6.79. The quantitative estimate of drug-likeness (QED) is 0.586. The van der Waals surface area contributed by atoms with Crippen LogP contribution in [0, 0.1) is 10.8 Å². The molecule has 3 aliphatic rings. The van der Waals surface area contributed by atoms with Gasteiger partial charge in [-0.2, -0.15) is 0 Å². The minimum absolute atomic E-state index is 0. The van der Waals surface area contributed by atoms with E-state index in [1.165, 1.54) is 16.1 Å². The molecule has 3 unspecified atom stereocenters. The first-order chi connectivity index (χ1) is 12.1. The number of allylic oxidation sites excluding steroid dienone is 5. The van der Waals surface area contributed by atoms with E-state index in [2.05, 4.69) is 91.0 Å². The molecular formula is C25H34Cl2Zr. The molecule has 0 bridgehead atoms. The summed E-state index contributed by atoms with van der Waals surface area (Å²) in [6.07, 6.45) is 8.84. The maximum Gasteiger partial charge on any atom is -1.00 e. The molecule has 0 aromatic heterocycles. The molecule has 1 fully saturated rings. The van der Waals surface area contributed by atoms with Gasteiger partial charge < -0.3 is 24.8 Å². The second-order valence-electron chi connectivity index (χ2n) is 10.8. The first-order valence-corrected chi connectivity index (χ1v) is 16.1. The monoisotopic (exact) mass is 494 g/mol. The molecule has 1 heterocycles. The summed E-state index contributed by atoms with van der Waals surface area (Å²) in [4.78, 5) is 0. The maximum absolute atomic E-state index is 2.60. The van der Waals surface area contributed by atoms with E-state index < -0.39 is 20.3 Å². The summed E-state index contributed by atoms with van der Waals surface area (Å²) in [5.74, 6) is 0. The molecule has 0 nitrogen and oxygen atoms in total. The fourth-order valence-corrected chi connectivity index (χ4v) is 22.9. The Balaban J connectivity index is 0.00000140. The van der Waals surface area contributed by atoms with E-state index in [1.807, 2.05) is 3.28 Å². The Hall–Kier alpha value is -0.0969. The molecule has 3 heteroatoms. The van der Waals surface area contributed by atoms with Crippen molar-refractivity contribution in [2.75, 3.05) is 0 Å². The molecule has 4 rings (SSSR count). The van der Waals surface area contributed by atoms with Gasteiger partial charge in [-0.3, -0.25) is 0 Å². The van der Waals surface area contributed by atoms with E-state index in [-0.39, 0.29) is 35.6 Å². The molecular weight excluding hydrogens is 462 g/mol. The van der Waals surface area contributed by atoms with E-state index in [0.29, 0.717) is 0 Å². The fraction of sp³-hybridized carbons (Fsp3) is 0.520. The smallest absolute Gasteiger partial charge is 1.00 e. The molecule has 1 aromatic rings. The van der Waals surface area contributed by atoms with Gasteiger partial charge in [-0.1, -0.05) is 0 Å². The van der Waals surface area contributed by atoms with Crippen molar-refractivity contribution in [2.45, 2.75) is 66.3 Å². The number of fused-ring (bicyclic) bond motifs is 1. The minimum atomic E-state index is -2.43. The van der Waals surface area contributed by atoms with Gasteiger partial charge in [-0.05, 0) is 0 Å². The Morgan fingerprint density at radius 2 is 1.54 bits per heavy atom. The van der Waals surface area contributed by atoms with Crippen LogP contribution in [0.25, 0.3) is 6.08 Å². The zero-order valence-corrected chi connectivity index (χ0v) is 22.3. The Morgan fingerprint density at radius 1 is 0.929 bits per heavy atom. The summed E-state index contributed by atoms with van der Waals surface area (Å²) in [6.45, 7) is 17.1. The zero-order valence-electron chi connectivity index (χ0n) is 18.4. The SMILES string of the molecule is C[CH]1[CH2][Zr+2]1([C]1=C(C(C)(C)C)C(C(C)(C)C)=CC1)[CH]1C=Cc2ccccc21.[Cl-].[Cl-]. The summed E-state index contributed by atoms with van der Waals surface area (Å²) in [5, 5.41) is 0. The van der Waals surface area contributed by atoms with Crippen molar-refractivity contribution in [1.29, 1.82) is 0 Å². The van der Waals surface area contributed by atoms with Crippen LogP contribution in [0.15, 0.2) is 50.8 Å². The van der Waals surface area contributed by atoms with Crippen molar-refractivity contribution in [3.8, 4) is 0 Å². The summed E-state index contributed by atoms with van der Waals surface area (Å²) in [7, 11) is 0. The van der Waals surface area contributed by atoms with Gasteiger partial charge in [0.25, 0.3) is 0 Å². The number of hydrogen-bond donors (Lipinski definition) is 0. The van der Waals surface area contributed by atoms with Crippen LogP contribution >= 0.6 is 0 Å². The van der Waals surface area contributed by atoms with E-state index in [9.17, 15) is 0 Å². The third-order valence-electron chi connectivity index (χ3n) is 6.92. The van der Waals surface area contributed by atoms with Crippen LogP contribution < -0.4 is 24.8 Å². The molecule has 0 amide bonds. The summed E-state index contributed by atoms with van der Waals surface area (Å²) < 4.78 is 5.23. The second-order valence-corrected chi connectivity index (χ2v) is 22.3. The molecule has 0 radical (unpaired) electrons. The molecule has 3 atom stereocenters. The number of halogens is 2. The van der Waals surface area contributed by atoms with Crippen LogP contribution in [0.1, 0.15) is 69.6 Å². The van der Waals surface area contributed by atoms with Crippen LogP contribution in [-0.2, 0) is 20.3 Å². The van der Waals surface area contributed by atoms with Crippen molar-refractivity contribution < 1.29 is 45.1 Å². The van der Waals surface area contributed by atoms with Crippen molar-refractivity contribution in [2.24, 2.45) is 10.8 Å². The first kappa shape index (κ1) is 24.2. The molecule has 1 saturated heterocycles. The molecule has 1 aromatic carbocycles. The average Bonchev–Trinajstić information content (AvgIpc) is 2.95. The third kappa shape index (κ3) is 3.70. The standard InChI is InChI=1S/C13H21.C9H7.C3H6.2ClH.Zr/c1-12(2,3)10-8-7-9-11(10)13(4,5)6;1-2-5-9-7-3-6-8(9)4-1;1-3-2;;;/h8H,7H2,1-6H3;1-7H;3H,1H2,2H3;2*1H;/q;;;;;+2/p-2. The first-order valence-electron chi connectivity index (χ1n) is 10.3. The molecule has 152 valence electrons. The van der Waals surface area contributed by atoms with Crippen LogP contribution in [0.4, 0.5) is 0 Å². The van der Waals surface area contributed by atoms with E-state index in [1.54, 1.807) is 16.7 Å². The topological polar surface area (TPSA) is 0 Å². The van der Waals surface area contributed by atoms with Crippen molar-refractivity contribution in [3.05, 3.63) is 62.0 Å². The van der Waals surface area contributed by atoms with Crippen LogP contribution in [-0.4, -0.2) is 0 Å². The Morgan fingerprint density at radius 3 is 2.07 bits per heavy atom. The predicted molar refractivity (Wildman–Crippen MR) is 111 cm³/mol. The number of rotatable bonds is 2. The van der Waals surface area contributed by atoms with Gasteiger partial charge >= 0.3 is 165 Å². The van der Waals surface area contributed by atoms with Gasteiger partial charge in [0.1, 0.15) is 0 Å². The Labute approximate surface area is 189 Å². The molecule has 2 aliphatic carbocycles. The molecule has 0 spiro atoms. The number of hydrogen-bond acceptors (Lipinski definition) is 0.